The number of hydrogen-bond donors (Lipinski definition) is 2. The Morgan fingerprint density at radius 1 is 1.25 bits per heavy atom. The van der Waals surface area contributed by atoms with Crippen molar-refractivity contribution in [1.82, 2.24) is 10.6 Å². The molecule has 0 radical (unpaired) electrons. The number of nitro groups is 1. The maximum Gasteiger partial charge on any atom is 0.322 e. The zero-order valence-electron chi connectivity index (χ0n) is 14.0. The number of carbonyl (C=O) groups is 1. The molecule has 1 amide bonds. The first kappa shape index (κ1) is 18.3. The second-order valence-electron chi connectivity index (χ2n) is 5.23. The molecule has 3 N–H and O–H groups in total. The third-order valence-electron chi connectivity index (χ3n) is 3.42. The molecular formula is C16H12N6O6. The third-order valence-corrected chi connectivity index (χ3v) is 3.42. The Bertz CT molecular complexity index is 1040. The molecule has 12 heteroatoms. The van der Waals surface area contributed by atoms with Gasteiger partial charge in [-0.2, -0.15) is 5.10 Å². The van der Waals surface area contributed by atoms with Gasteiger partial charge in [0.1, 0.15) is 5.75 Å². The van der Waals surface area contributed by atoms with Crippen molar-refractivity contribution in [2.24, 2.45) is 5.10 Å². The molecule has 28 heavy (non-hydrogen) atoms. The van der Waals surface area contributed by atoms with E-state index in [0.29, 0.717) is 5.56 Å². The summed E-state index contributed by atoms with van der Waals surface area (Å²) < 4.78 is 9.82. The number of nitrogens with one attached hydrogen (secondary N) is 1. The summed E-state index contributed by atoms with van der Waals surface area (Å²) in [6.07, 6.45) is 1.24. The molecule has 3 aromatic rings. The van der Waals surface area contributed by atoms with Gasteiger partial charge in [-0.25, -0.2) is 5.43 Å². The SMILES string of the molecule is Nc1no[n+]([O-])c1C(=O)N/N=C/c1ccccc1Oc1ccccc1[N+](=O)[O-]. The van der Waals surface area contributed by atoms with Gasteiger partial charge in [0, 0.05) is 11.6 Å². The zero-order chi connectivity index (χ0) is 20.1. The molecule has 0 saturated carbocycles. The molecule has 0 atom stereocenters. The Morgan fingerprint density at radius 3 is 2.61 bits per heavy atom. The van der Waals surface area contributed by atoms with Crippen LogP contribution < -0.4 is 20.8 Å². The largest absolute Gasteiger partial charge is 0.449 e. The number of carbonyl (C=O) groups excluding carboxylic acids is 1. The van der Waals surface area contributed by atoms with E-state index in [-0.39, 0.29) is 27.9 Å². The third kappa shape index (κ3) is 3.85. The van der Waals surface area contributed by atoms with Gasteiger partial charge in [-0.3, -0.25) is 19.5 Å². The minimum absolute atomic E-state index is 0.0435. The lowest BCUT2D eigenvalue weighted by atomic mass is 10.2. The fourth-order valence-electron chi connectivity index (χ4n) is 2.16. The number of para-hydroxylation sites is 3. The second kappa shape index (κ2) is 7.82. The van der Waals surface area contributed by atoms with Gasteiger partial charge in [0.25, 0.3) is 0 Å². The number of hydrazone groups is 1. The number of aromatic nitrogens is 2. The lowest BCUT2D eigenvalue weighted by molar-refractivity contribution is -0.803. The Labute approximate surface area is 156 Å². The maximum absolute atomic E-state index is 11.9. The number of nitrogen functional groups attached to an aromatic ring is 1. The summed E-state index contributed by atoms with van der Waals surface area (Å²) in [7, 11) is 0. The molecule has 0 spiro atoms. The minimum atomic E-state index is -0.929. The fourth-order valence-corrected chi connectivity index (χ4v) is 2.16. The predicted molar refractivity (Wildman–Crippen MR) is 94.5 cm³/mol. The molecule has 3 rings (SSSR count). The van der Waals surface area contributed by atoms with Crippen molar-refractivity contribution in [3.05, 3.63) is 75.1 Å². The maximum atomic E-state index is 11.9. The molecule has 0 unspecified atom stereocenters. The lowest BCUT2D eigenvalue weighted by Crippen LogP contribution is -2.36. The van der Waals surface area contributed by atoms with Crippen LogP contribution >= 0.6 is 0 Å². The monoisotopic (exact) mass is 384 g/mol. The van der Waals surface area contributed by atoms with Crippen molar-refractivity contribution in [2.45, 2.75) is 0 Å². The van der Waals surface area contributed by atoms with E-state index in [2.05, 4.69) is 20.3 Å². The van der Waals surface area contributed by atoms with Gasteiger partial charge in [0.2, 0.25) is 5.75 Å². The molecule has 0 saturated heterocycles. The van der Waals surface area contributed by atoms with E-state index in [9.17, 15) is 20.1 Å². The van der Waals surface area contributed by atoms with Crippen LogP contribution in [-0.4, -0.2) is 22.2 Å². The standard InChI is InChI=1S/C16H12N6O6/c17-15-14(22(26)28-20-15)16(23)19-18-9-10-5-1-3-7-12(10)27-13-8-4-2-6-11(13)21(24)25/h1-9H,(H2,17,20)(H,19,23)/b18-9+. The number of amides is 1. The van der Waals surface area contributed by atoms with E-state index in [1.807, 2.05) is 0 Å². The Balaban J connectivity index is 1.79. The normalized spacial score (nSPS) is 10.7. The van der Waals surface area contributed by atoms with Gasteiger partial charge < -0.3 is 15.7 Å². The summed E-state index contributed by atoms with van der Waals surface area (Å²) in [6, 6.07) is 12.4. The van der Waals surface area contributed by atoms with Crippen molar-refractivity contribution < 1.29 is 24.0 Å². The fraction of sp³-hybridized carbons (Fsp3) is 0. The van der Waals surface area contributed by atoms with Gasteiger partial charge in [0.05, 0.1) is 16.3 Å². The van der Waals surface area contributed by atoms with E-state index in [1.165, 1.54) is 24.4 Å². The second-order valence-corrected chi connectivity index (χ2v) is 5.23. The highest BCUT2D eigenvalue weighted by atomic mass is 16.8. The van der Waals surface area contributed by atoms with Gasteiger partial charge in [-0.1, -0.05) is 24.3 Å². The summed E-state index contributed by atoms with van der Waals surface area (Å²) >= 11 is 0. The van der Waals surface area contributed by atoms with Crippen LogP contribution in [0.2, 0.25) is 0 Å². The summed E-state index contributed by atoms with van der Waals surface area (Å²) in [6.45, 7) is 0. The first-order chi connectivity index (χ1) is 13.5. The molecule has 1 heterocycles. The first-order valence-corrected chi connectivity index (χ1v) is 7.66. The molecule has 0 aliphatic carbocycles. The number of anilines is 1. The van der Waals surface area contributed by atoms with Gasteiger partial charge in [0.15, 0.2) is 0 Å². The van der Waals surface area contributed by atoms with Crippen molar-refractivity contribution in [3.63, 3.8) is 0 Å². The Morgan fingerprint density at radius 2 is 1.93 bits per heavy atom. The highest BCUT2D eigenvalue weighted by Crippen LogP contribution is 2.31. The van der Waals surface area contributed by atoms with E-state index in [1.54, 1.807) is 30.3 Å². The molecule has 2 aromatic carbocycles. The van der Waals surface area contributed by atoms with Crippen LogP contribution in [-0.2, 0) is 0 Å². The van der Waals surface area contributed by atoms with Gasteiger partial charge in [-0.05, 0) is 23.1 Å². The average Bonchev–Trinajstić information content (AvgIpc) is 3.01. The van der Waals surface area contributed by atoms with E-state index >= 15 is 0 Å². The van der Waals surface area contributed by atoms with Gasteiger partial charge in [-0.15, -0.1) is 0 Å². The molecule has 0 aliphatic heterocycles. The average molecular weight is 384 g/mol. The van der Waals surface area contributed by atoms with Crippen molar-refractivity contribution in [2.75, 3.05) is 5.73 Å². The summed E-state index contributed by atoms with van der Waals surface area (Å²) in [5.74, 6) is -1.01. The quantitative estimate of drug-likeness (QED) is 0.277. The molecule has 0 fully saturated rings. The molecular weight excluding hydrogens is 372 g/mol. The Kier molecular flexibility index (Phi) is 5.12. The minimum Gasteiger partial charge on any atom is -0.449 e. The van der Waals surface area contributed by atoms with Crippen molar-refractivity contribution in [1.29, 1.82) is 0 Å². The zero-order valence-corrected chi connectivity index (χ0v) is 14.0. The smallest absolute Gasteiger partial charge is 0.322 e. The van der Waals surface area contributed by atoms with Crippen molar-refractivity contribution >= 4 is 23.6 Å². The van der Waals surface area contributed by atoms with Crippen LogP contribution in [0.5, 0.6) is 11.5 Å². The highest BCUT2D eigenvalue weighted by Gasteiger charge is 2.24. The number of nitrogens with zero attached hydrogens (tertiary/aromatic N) is 4. The molecule has 1 aromatic heterocycles. The molecule has 0 bridgehead atoms. The number of hydrogen-bond acceptors (Lipinski definition) is 9. The van der Waals surface area contributed by atoms with Crippen LogP contribution in [0, 0.1) is 15.3 Å². The molecule has 12 nitrogen and oxygen atoms in total. The number of benzene rings is 2. The van der Waals surface area contributed by atoms with Crippen LogP contribution in [0.1, 0.15) is 16.1 Å². The molecule has 0 aliphatic rings. The number of nitro benzene ring substituents is 1. The van der Waals surface area contributed by atoms with E-state index in [0.717, 1.165) is 0 Å². The first-order valence-electron chi connectivity index (χ1n) is 7.66. The summed E-state index contributed by atoms with van der Waals surface area (Å²) in [5, 5.41) is 29.3. The number of ether oxygens (including phenoxy) is 1. The van der Waals surface area contributed by atoms with E-state index < -0.39 is 16.5 Å². The van der Waals surface area contributed by atoms with Crippen LogP contribution in [0.3, 0.4) is 0 Å². The Hall–Kier alpha value is -4.48. The predicted octanol–water partition coefficient (Wildman–Crippen LogP) is 1.35. The van der Waals surface area contributed by atoms with Crippen molar-refractivity contribution in [3.8, 4) is 11.5 Å². The van der Waals surface area contributed by atoms with E-state index in [4.69, 9.17) is 10.5 Å². The van der Waals surface area contributed by atoms with Crippen LogP contribution in [0.25, 0.3) is 0 Å². The van der Waals surface area contributed by atoms with Crippen LogP contribution in [0.15, 0.2) is 58.3 Å². The molecule has 142 valence electrons. The number of nitrogens with two attached hydrogens (primary N) is 1. The van der Waals surface area contributed by atoms with Gasteiger partial charge >= 0.3 is 23.1 Å². The summed E-state index contributed by atoms with van der Waals surface area (Å²) in [5.41, 5.74) is 7.13. The van der Waals surface area contributed by atoms with Crippen LogP contribution in [0.4, 0.5) is 11.5 Å². The highest BCUT2D eigenvalue weighted by molar-refractivity contribution is 5.95. The number of rotatable bonds is 6. The topological polar surface area (TPSA) is 173 Å². The summed E-state index contributed by atoms with van der Waals surface area (Å²) in [4.78, 5) is 22.3. The lowest BCUT2D eigenvalue weighted by Gasteiger charge is -2.08.